The molecule has 1 unspecified atom stereocenters. The molecule has 0 saturated heterocycles. The van der Waals surface area contributed by atoms with Crippen molar-refractivity contribution in [2.24, 2.45) is 5.92 Å². The number of aromatic nitrogens is 1. The summed E-state index contributed by atoms with van der Waals surface area (Å²) >= 11 is 0. The van der Waals surface area contributed by atoms with Crippen LogP contribution in [0, 0.1) is 5.92 Å². The fourth-order valence-corrected chi connectivity index (χ4v) is 2.02. The molecule has 0 aliphatic rings. The van der Waals surface area contributed by atoms with Crippen LogP contribution in [0.1, 0.15) is 26.7 Å². The first-order valence-electron chi connectivity index (χ1n) is 6.68. The van der Waals surface area contributed by atoms with E-state index in [0.717, 1.165) is 12.8 Å². The van der Waals surface area contributed by atoms with Gasteiger partial charge in [0.1, 0.15) is 6.54 Å². The molecule has 0 bridgehead atoms. The summed E-state index contributed by atoms with van der Waals surface area (Å²) in [6, 6.07) is 4.74. The third-order valence-corrected chi connectivity index (χ3v) is 3.31. The molecule has 19 heavy (non-hydrogen) atoms. The highest BCUT2D eigenvalue weighted by Crippen LogP contribution is 2.12. The molecule has 2 N–H and O–H groups in total. The number of carbonyl (C=O) groups is 1. The number of amides is 1. The van der Waals surface area contributed by atoms with Crippen molar-refractivity contribution in [3.8, 4) is 0 Å². The molecule has 0 spiro atoms. The fourth-order valence-electron chi connectivity index (χ4n) is 2.02. The quantitative estimate of drug-likeness (QED) is 0.765. The van der Waals surface area contributed by atoms with Gasteiger partial charge in [-0.3, -0.25) is 9.59 Å². The molecule has 1 heterocycles. The summed E-state index contributed by atoms with van der Waals surface area (Å²) in [5.74, 6) is -0.0712. The first-order valence-corrected chi connectivity index (χ1v) is 6.68. The monoisotopic (exact) mass is 266 g/mol. The summed E-state index contributed by atoms with van der Waals surface area (Å²) in [6.45, 7) is 4.24. The Bertz CT molecular complexity index is 452. The highest BCUT2D eigenvalue weighted by atomic mass is 16.3. The van der Waals surface area contributed by atoms with Crippen LogP contribution < -0.4 is 10.9 Å². The van der Waals surface area contributed by atoms with Crippen LogP contribution in [0.5, 0.6) is 0 Å². The Labute approximate surface area is 113 Å². The molecule has 1 aromatic heterocycles. The second-order valence-electron chi connectivity index (χ2n) is 4.61. The van der Waals surface area contributed by atoms with Crippen molar-refractivity contribution < 1.29 is 9.90 Å². The van der Waals surface area contributed by atoms with Crippen molar-refractivity contribution in [3.63, 3.8) is 0 Å². The van der Waals surface area contributed by atoms with Gasteiger partial charge in [-0.05, 0) is 12.0 Å². The Morgan fingerprint density at radius 3 is 2.63 bits per heavy atom. The van der Waals surface area contributed by atoms with Crippen molar-refractivity contribution in [2.75, 3.05) is 6.54 Å². The molecule has 5 nitrogen and oxygen atoms in total. The van der Waals surface area contributed by atoms with E-state index >= 15 is 0 Å². The first-order chi connectivity index (χ1) is 9.08. The number of pyridine rings is 1. The normalized spacial score (nSPS) is 12.4. The summed E-state index contributed by atoms with van der Waals surface area (Å²) in [5.41, 5.74) is -0.210. The number of aliphatic hydroxyl groups is 1. The number of carbonyl (C=O) groups excluding carboxylic acids is 1. The van der Waals surface area contributed by atoms with Gasteiger partial charge in [0.15, 0.2) is 0 Å². The van der Waals surface area contributed by atoms with E-state index in [-0.39, 0.29) is 30.5 Å². The smallest absolute Gasteiger partial charge is 0.250 e. The van der Waals surface area contributed by atoms with Crippen LogP contribution in [0.25, 0.3) is 0 Å². The van der Waals surface area contributed by atoms with Gasteiger partial charge >= 0.3 is 0 Å². The number of aliphatic hydroxyl groups excluding tert-OH is 1. The summed E-state index contributed by atoms with van der Waals surface area (Å²) in [6.07, 6.45) is 2.79. The summed E-state index contributed by atoms with van der Waals surface area (Å²) in [7, 11) is 0. The molecule has 1 rings (SSSR count). The van der Waals surface area contributed by atoms with Crippen molar-refractivity contribution >= 4 is 5.91 Å². The SMILES string of the molecule is CCC(CC)C(O)CNC(=O)Cn1ccccc1=O. The van der Waals surface area contributed by atoms with E-state index in [1.807, 2.05) is 13.8 Å². The van der Waals surface area contributed by atoms with E-state index in [1.54, 1.807) is 18.3 Å². The second-order valence-corrected chi connectivity index (χ2v) is 4.61. The average molecular weight is 266 g/mol. The minimum absolute atomic E-state index is 0.0185. The zero-order chi connectivity index (χ0) is 14.3. The Hall–Kier alpha value is -1.62. The molecule has 106 valence electrons. The predicted molar refractivity (Wildman–Crippen MR) is 73.8 cm³/mol. The number of hydrogen-bond donors (Lipinski definition) is 2. The standard InChI is InChI=1S/C14H22N2O3/c1-3-11(4-2)12(17)9-15-13(18)10-16-8-6-5-7-14(16)19/h5-8,11-12,17H,3-4,9-10H2,1-2H3,(H,15,18). The molecule has 0 saturated carbocycles. The van der Waals surface area contributed by atoms with Crippen molar-refractivity contribution in [3.05, 3.63) is 34.7 Å². The van der Waals surface area contributed by atoms with Gasteiger partial charge in [-0.25, -0.2) is 0 Å². The van der Waals surface area contributed by atoms with E-state index in [9.17, 15) is 14.7 Å². The number of nitrogens with zero attached hydrogens (tertiary/aromatic N) is 1. The van der Waals surface area contributed by atoms with Gasteiger partial charge < -0.3 is 15.0 Å². The van der Waals surface area contributed by atoms with Crippen LogP contribution in [0.15, 0.2) is 29.2 Å². The molecule has 5 heteroatoms. The Morgan fingerprint density at radius 2 is 2.05 bits per heavy atom. The largest absolute Gasteiger partial charge is 0.391 e. The molecule has 0 aliphatic carbocycles. The van der Waals surface area contributed by atoms with E-state index < -0.39 is 6.10 Å². The van der Waals surface area contributed by atoms with Gasteiger partial charge in [0.25, 0.3) is 5.56 Å². The lowest BCUT2D eigenvalue weighted by Gasteiger charge is -2.20. The van der Waals surface area contributed by atoms with Gasteiger partial charge in [0.05, 0.1) is 6.10 Å². The zero-order valence-electron chi connectivity index (χ0n) is 11.5. The van der Waals surface area contributed by atoms with Crippen LogP contribution in [-0.4, -0.2) is 28.2 Å². The molecular formula is C14H22N2O3. The van der Waals surface area contributed by atoms with E-state index in [2.05, 4.69) is 5.32 Å². The first kappa shape index (κ1) is 15.4. The second kappa shape index (κ2) is 7.74. The van der Waals surface area contributed by atoms with Crippen LogP contribution in [0.2, 0.25) is 0 Å². The minimum atomic E-state index is -0.536. The summed E-state index contributed by atoms with van der Waals surface area (Å²) in [4.78, 5) is 23.1. The molecule has 0 aromatic carbocycles. The lowest BCUT2D eigenvalue weighted by Crippen LogP contribution is -2.38. The van der Waals surface area contributed by atoms with E-state index in [1.165, 1.54) is 10.6 Å². The molecule has 1 amide bonds. The van der Waals surface area contributed by atoms with E-state index in [4.69, 9.17) is 0 Å². The van der Waals surface area contributed by atoms with Gasteiger partial charge in [-0.1, -0.05) is 32.8 Å². The molecule has 1 aromatic rings. The van der Waals surface area contributed by atoms with Crippen LogP contribution in [0.3, 0.4) is 0 Å². The summed E-state index contributed by atoms with van der Waals surface area (Å²) < 4.78 is 1.33. The van der Waals surface area contributed by atoms with Crippen molar-refractivity contribution in [1.82, 2.24) is 9.88 Å². The third-order valence-electron chi connectivity index (χ3n) is 3.31. The number of hydrogen-bond acceptors (Lipinski definition) is 3. The summed E-state index contributed by atoms with van der Waals surface area (Å²) in [5, 5.41) is 12.6. The molecular weight excluding hydrogens is 244 g/mol. The van der Waals surface area contributed by atoms with Crippen molar-refractivity contribution in [2.45, 2.75) is 39.3 Å². The highest BCUT2D eigenvalue weighted by molar-refractivity contribution is 5.75. The zero-order valence-corrected chi connectivity index (χ0v) is 11.5. The van der Waals surface area contributed by atoms with Crippen molar-refractivity contribution in [1.29, 1.82) is 0 Å². The van der Waals surface area contributed by atoms with Crippen LogP contribution in [0.4, 0.5) is 0 Å². The molecule has 0 aliphatic heterocycles. The molecule has 0 radical (unpaired) electrons. The average Bonchev–Trinajstić information content (AvgIpc) is 2.40. The fraction of sp³-hybridized carbons (Fsp3) is 0.571. The van der Waals surface area contributed by atoms with E-state index in [0.29, 0.717) is 0 Å². The Kier molecular flexibility index (Phi) is 6.29. The number of rotatable bonds is 7. The van der Waals surface area contributed by atoms with Gasteiger partial charge in [0, 0.05) is 18.8 Å². The topological polar surface area (TPSA) is 71.3 Å². The predicted octanol–water partition coefficient (Wildman–Crippen LogP) is 0.762. The van der Waals surface area contributed by atoms with Gasteiger partial charge in [-0.15, -0.1) is 0 Å². The molecule has 0 fully saturated rings. The maximum Gasteiger partial charge on any atom is 0.250 e. The minimum Gasteiger partial charge on any atom is -0.391 e. The lowest BCUT2D eigenvalue weighted by atomic mass is 9.96. The molecule has 1 atom stereocenters. The maximum atomic E-state index is 11.7. The van der Waals surface area contributed by atoms with Gasteiger partial charge in [0.2, 0.25) is 5.91 Å². The third kappa shape index (κ3) is 4.87. The number of nitrogens with one attached hydrogen (secondary N) is 1. The highest BCUT2D eigenvalue weighted by Gasteiger charge is 2.16. The lowest BCUT2D eigenvalue weighted by molar-refractivity contribution is -0.122. The Balaban J connectivity index is 2.44. The van der Waals surface area contributed by atoms with Crippen LogP contribution in [-0.2, 0) is 11.3 Å². The van der Waals surface area contributed by atoms with Gasteiger partial charge in [-0.2, -0.15) is 0 Å². The Morgan fingerprint density at radius 1 is 1.37 bits per heavy atom. The van der Waals surface area contributed by atoms with Crippen LogP contribution >= 0.6 is 0 Å². The maximum absolute atomic E-state index is 11.7.